The quantitative estimate of drug-likeness (QED) is 0.0333. The molecule has 3 aromatic rings. The Bertz CT molecular complexity index is 3400. The number of hydrogen-bond donors (Lipinski definition) is 5. The van der Waals surface area contributed by atoms with Crippen molar-refractivity contribution in [3.8, 4) is 0 Å². The Morgan fingerprint density at radius 1 is 0.177 bits per heavy atom. The van der Waals surface area contributed by atoms with Crippen molar-refractivity contribution in [2.75, 3.05) is 129 Å². The molecule has 0 unspecified atom stereocenters. The first kappa shape index (κ1) is 104. The third-order valence-electron chi connectivity index (χ3n) is 27.1. The Labute approximate surface area is 761 Å². The van der Waals surface area contributed by atoms with Gasteiger partial charge in [0.05, 0.1) is 0 Å². The number of piperidine rings is 5. The minimum atomic E-state index is -0.131. The molecule has 8 heterocycles. The fourth-order valence-electron chi connectivity index (χ4n) is 22.9. The molecule has 5 aliphatic heterocycles. The summed E-state index contributed by atoms with van der Waals surface area (Å²) < 4.78 is 0. The van der Waals surface area contributed by atoms with Gasteiger partial charge in [0.2, 0.25) is 53.5 Å². The minimum Gasteiger partial charge on any atom is -0.341 e. The highest BCUT2D eigenvalue weighted by Gasteiger charge is 2.48. The Hall–Kier alpha value is -4.97. The first-order valence-corrected chi connectivity index (χ1v) is 51.4. The highest BCUT2D eigenvalue weighted by molar-refractivity contribution is 5.52. The Morgan fingerprint density at radius 3 is 0.452 bits per heavy atom. The van der Waals surface area contributed by atoms with Crippen molar-refractivity contribution in [1.29, 1.82) is 0 Å². The number of unbranched alkanes of at least 4 members (excludes halogenated alkanes) is 14. The monoisotopic (exact) mass is 1730 g/mol. The second kappa shape index (κ2) is 46.7. The van der Waals surface area contributed by atoms with Crippen LogP contribution in [-0.2, 0) is 0 Å². The van der Waals surface area contributed by atoms with Gasteiger partial charge in [0.1, 0.15) is 0 Å². The summed E-state index contributed by atoms with van der Waals surface area (Å²) in [4.78, 5) is 75.5. The number of nitrogens with zero attached hydrogens (tertiary/aromatic N) is 18. The average molecular weight is 1730 g/mol. The van der Waals surface area contributed by atoms with Gasteiger partial charge < -0.3 is 70.7 Å². The van der Waals surface area contributed by atoms with E-state index in [0.29, 0.717) is 0 Å². The Kier molecular flexibility index (Phi) is 39.3. The molecule has 0 aliphatic carbocycles. The van der Waals surface area contributed by atoms with Crippen molar-refractivity contribution in [1.82, 2.24) is 71.4 Å². The van der Waals surface area contributed by atoms with Gasteiger partial charge in [0, 0.05) is 171 Å². The van der Waals surface area contributed by atoms with Crippen molar-refractivity contribution >= 4 is 53.5 Å². The SMILES string of the molecule is CCCCN(CCCC)c1nc(N(CCCC)CCCC)nc(N(CCCCCCN(c2nc(N(CCCC)C3CC(C)(C)NC(C)(C)C3)nc(N(CCCCCN(c3nc(N(CCCC)CCCC)nc(N(CCCC)CCCC)n3)C3CC(C)(C)NC(C)(C)C3)C3CC(C)(C)NC(C)(C)C3)n2)C2CC(C)(C)NC(C)(C)C2)C2CC(C)(C)NC(C)(C)C2)n1. The predicted octanol–water partition coefficient (Wildman–Crippen LogP) is 21.4. The van der Waals surface area contributed by atoms with E-state index < -0.39 is 0 Å². The van der Waals surface area contributed by atoms with Crippen LogP contribution in [0, 0.1) is 0 Å². The maximum atomic E-state index is 6.13. The lowest BCUT2D eigenvalue weighted by Gasteiger charge is -2.51. The molecular weight excluding hydrogens is 1540 g/mol. The lowest BCUT2D eigenvalue weighted by molar-refractivity contribution is 0.156. The van der Waals surface area contributed by atoms with Crippen LogP contribution < -0.4 is 70.7 Å². The number of nitrogens with one attached hydrogen (secondary N) is 5. The minimum absolute atomic E-state index is 0.0688. The van der Waals surface area contributed by atoms with E-state index in [1.807, 2.05) is 0 Å². The summed E-state index contributed by atoms with van der Waals surface area (Å²) in [6.45, 7) is 80.9. The lowest BCUT2D eigenvalue weighted by atomic mass is 9.79. The Balaban J connectivity index is 1.23. The highest BCUT2D eigenvalue weighted by Crippen LogP contribution is 2.42. The molecule has 0 atom stereocenters. The van der Waals surface area contributed by atoms with Crippen molar-refractivity contribution in [3.63, 3.8) is 0 Å². The summed E-state index contributed by atoms with van der Waals surface area (Å²) >= 11 is 0. The summed E-state index contributed by atoms with van der Waals surface area (Å²) in [5.74, 6) is 7.65. The van der Waals surface area contributed by atoms with Gasteiger partial charge in [0.25, 0.3) is 0 Å². The largest absolute Gasteiger partial charge is 0.341 e. The van der Waals surface area contributed by atoms with Crippen LogP contribution >= 0.6 is 0 Å². The summed E-state index contributed by atoms with van der Waals surface area (Å²) in [5, 5.41) is 20.5. The molecule has 712 valence electrons. The summed E-state index contributed by atoms with van der Waals surface area (Å²) in [6, 6.07) is 1.05. The van der Waals surface area contributed by atoms with E-state index in [2.05, 4.69) is 271 Å². The fourth-order valence-corrected chi connectivity index (χ4v) is 22.9. The van der Waals surface area contributed by atoms with E-state index in [9.17, 15) is 0 Å². The van der Waals surface area contributed by atoms with E-state index >= 15 is 0 Å². The van der Waals surface area contributed by atoms with Crippen LogP contribution in [-0.4, -0.2) is 216 Å². The number of aromatic nitrogens is 9. The molecule has 0 saturated carbocycles. The molecule has 5 saturated heterocycles. The van der Waals surface area contributed by atoms with Gasteiger partial charge in [-0.3, -0.25) is 0 Å². The number of rotatable bonds is 54. The van der Waals surface area contributed by atoms with Crippen molar-refractivity contribution in [3.05, 3.63) is 0 Å². The molecule has 0 amide bonds. The van der Waals surface area contributed by atoms with Gasteiger partial charge in [-0.25, -0.2) is 0 Å². The van der Waals surface area contributed by atoms with Crippen LogP contribution in [0.25, 0.3) is 0 Å². The zero-order valence-electron chi connectivity index (χ0n) is 85.9. The second-order valence-electron chi connectivity index (χ2n) is 46.1. The standard InChI is InChI=1S/C101H193N23/c1-30-39-55-116(56-40-31-2)83-102-84(117(57-41-32-3)58-42-33-4)105-87(104-83)121(79-70-94(14,15)112-95(16,17)71-79)64-51-48-49-52-65-123(81-74-98(22,23)114-99(24,25)75-81)90-108-89(120(63-47-38-9)78-68-92(10,11)111-93(12,13)69-78)109-91(110-90)124(82-76-100(26,27)115-101(28,29)77-82)67-54-50-53-66-122(80-72-96(18,19)113-97(20,21)73-80)88-106-85(118(59-43-34-5)60-44-35-6)103-86(107-88)119(61-45-36-7)62-46-37-8/h78-82,111-115H,30-77H2,1-29H3. The van der Waals surface area contributed by atoms with E-state index in [-0.39, 0.29) is 85.6 Å². The molecule has 0 radical (unpaired) electrons. The van der Waals surface area contributed by atoms with Crippen LogP contribution in [0.2, 0.25) is 0 Å². The molecule has 0 spiro atoms. The highest BCUT2D eigenvalue weighted by atomic mass is 15.4. The molecule has 23 nitrogen and oxygen atoms in total. The van der Waals surface area contributed by atoms with Gasteiger partial charge in [-0.05, 0) is 293 Å². The Morgan fingerprint density at radius 2 is 0.298 bits per heavy atom. The second-order valence-corrected chi connectivity index (χ2v) is 46.1. The van der Waals surface area contributed by atoms with Crippen LogP contribution in [0.5, 0.6) is 0 Å². The molecule has 23 heteroatoms. The maximum Gasteiger partial charge on any atom is 0.232 e. The zero-order valence-corrected chi connectivity index (χ0v) is 85.9. The molecule has 0 aromatic carbocycles. The molecular formula is C101H193N23. The van der Waals surface area contributed by atoms with Crippen molar-refractivity contribution in [2.45, 2.75) is 511 Å². The van der Waals surface area contributed by atoms with Crippen LogP contribution in [0.15, 0.2) is 0 Å². The molecule has 5 N–H and O–H groups in total. The first-order valence-electron chi connectivity index (χ1n) is 51.4. The van der Waals surface area contributed by atoms with Gasteiger partial charge in [-0.1, -0.05) is 133 Å². The van der Waals surface area contributed by atoms with Crippen LogP contribution in [0.3, 0.4) is 0 Å². The molecule has 5 fully saturated rings. The first-order chi connectivity index (χ1) is 58.3. The third-order valence-corrected chi connectivity index (χ3v) is 27.1. The van der Waals surface area contributed by atoms with Crippen molar-refractivity contribution < 1.29 is 0 Å². The van der Waals surface area contributed by atoms with E-state index in [0.717, 1.165) is 363 Å². The normalized spacial score (nSPS) is 20.4. The van der Waals surface area contributed by atoms with Crippen LogP contribution in [0.4, 0.5) is 53.5 Å². The average Bonchev–Trinajstić information content (AvgIpc) is 0.770. The molecule has 124 heavy (non-hydrogen) atoms. The topological polar surface area (TPSA) is 205 Å². The molecule has 3 aromatic heterocycles. The molecule has 5 aliphatic rings. The van der Waals surface area contributed by atoms with Gasteiger partial charge in [-0.15, -0.1) is 0 Å². The molecule has 0 bridgehead atoms. The van der Waals surface area contributed by atoms with Crippen LogP contribution in [0.1, 0.15) is 426 Å². The van der Waals surface area contributed by atoms with Gasteiger partial charge >= 0.3 is 0 Å². The smallest absolute Gasteiger partial charge is 0.232 e. The summed E-state index contributed by atoms with van der Waals surface area (Å²) in [7, 11) is 0. The van der Waals surface area contributed by atoms with Gasteiger partial charge in [-0.2, -0.15) is 44.9 Å². The van der Waals surface area contributed by atoms with Crippen molar-refractivity contribution in [2.24, 2.45) is 0 Å². The van der Waals surface area contributed by atoms with E-state index in [1.54, 1.807) is 0 Å². The predicted molar refractivity (Wildman–Crippen MR) is 533 cm³/mol. The number of hydrogen-bond acceptors (Lipinski definition) is 23. The van der Waals surface area contributed by atoms with E-state index in [1.165, 1.54) is 0 Å². The summed E-state index contributed by atoms with van der Waals surface area (Å²) in [6.07, 6.45) is 37.1. The maximum absolute atomic E-state index is 6.13. The van der Waals surface area contributed by atoms with E-state index in [4.69, 9.17) is 44.9 Å². The lowest BCUT2D eigenvalue weighted by Crippen LogP contribution is -2.63. The zero-order chi connectivity index (χ0) is 91.1. The third kappa shape index (κ3) is 32.5. The van der Waals surface area contributed by atoms with Gasteiger partial charge in [0.15, 0.2) is 0 Å². The number of anilines is 9. The molecule has 8 rings (SSSR count). The summed E-state index contributed by atoms with van der Waals surface area (Å²) in [5.41, 5.74) is -0.998. The fraction of sp³-hybridized carbons (Fsp3) is 0.911.